The molecule has 1 aliphatic heterocycles. The Hall–Kier alpha value is -1.97. The zero-order valence-corrected chi connectivity index (χ0v) is 15.3. The highest BCUT2D eigenvalue weighted by molar-refractivity contribution is 7.99. The van der Waals surface area contributed by atoms with E-state index in [2.05, 4.69) is 6.07 Å². The predicted molar refractivity (Wildman–Crippen MR) is 98.6 cm³/mol. The largest absolute Gasteiger partial charge is 0.305 e. The van der Waals surface area contributed by atoms with Crippen LogP contribution in [0.25, 0.3) is 0 Å². The number of fused-ring (bicyclic) bond motifs is 1. The highest BCUT2D eigenvalue weighted by Gasteiger charge is 2.57. The molecule has 2 aliphatic rings. The smallest absolute Gasteiger partial charge is 0.189 e. The average Bonchev–Trinajstić information content (AvgIpc) is 2.64. The van der Waals surface area contributed by atoms with Gasteiger partial charge in [-0.3, -0.25) is 0 Å². The van der Waals surface area contributed by atoms with Crippen molar-refractivity contribution in [1.29, 1.82) is 21.2 Å². The van der Waals surface area contributed by atoms with Gasteiger partial charge in [-0.2, -0.15) is 27.5 Å². The molecule has 4 nitrogen and oxygen atoms in total. The fourth-order valence-electron chi connectivity index (χ4n) is 3.72. The molecule has 1 saturated carbocycles. The molecule has 7 heteroatoms. The van der Waals surface area contributed by atoms with Crippen LogP contribution in [0.3, 0.4) is 0 Å². The van der Waals surface area contributed by atoms with Crippen LogP contribution in [0.2, 0.25) is 10.0 Å². The van der Waals surface area contributed by atoms with Crippen molar-refractivity contribution in [2.24, 2.45) is 17.3 Å². The summed E-state index contributed by atoms with van der Waals surface area (Å²) in [6, 6.07) is 11.3. The Morgan fingerprint density at radius 2 is 1.92 bits per heavy atom. The first-order valence-electron chi connectivity index (χ1n) is 7.54. The van der Waals surface area contributed by atoms with Crippen LogP contribution in [0, 0.1) is 56.7 Å². The molecular formula is C18H12Cl2N4S. The third-order valence-corrected chi connectivity index (χ3v) is 6.71. The molecule has 124 valence electrons. The van der Waals surface area contributed by atoms with Gasteiger partial charge in [0.25, 0.3) is 0 Å². The molecular weight excluding hydrogens is 375 g/mol. The van der Waals surface area contributed by atoms with E-state index in [-0.39, 0.29) is 11.6 Å². The number of nitrogens with one attached hydrogen (secondary N) is 1. The first-order valence-corrected chi connectivity index (χ1v) is 9.45. The molecule has 0 amide bonds. The third kappa shape index (κ3) is 2.54. The maximum Gasteiger partial charge on any atom is 0.189 e. The lowest BCUT2D eigenvalue weighted by Gasteiger charge is -2.45. The fourth-order valence-corrected chi connectivity index (χ4v) is 5.23. The van der Waals surface area contributed by atoms with Gasteiger partial charge >= 0.3 is 0 Å². The van der Waals surface area contributed by atoms with Gasteiger partial charge in [0, 0.05) is 23.3 Å². The number of hydrogen-bond acceptors (Lipinski definition) is 5. The van der Waals surface area contributed by atoms with Crippen LogP contribution < -0.4 is 0 Å². The first-order chi connectivity index (χ1) is 12.0. The quantitative estimate of drug-likeness (QED) is 0.714. The van der Waals surface area contributed by atoms with Crippen molar-refractivity contribution >= 4 is 40.7 Å². The minimum Gasteiger partial charge on any atom is -0.305 e. The maximum atomic E-state index is 9.88. The predicted octanol–water partition coefficient (Wildman–Crippen LogP) is 4.57. The molecule has 1 N–H and O–H groups in total. The molecule has 1 heterocycles. The molecule has 3 rings (SSSR count). The summed E-state index contributed by atoms with van der Waals surface area (Å²) >= 11 is 14.2. The second-order valence-corrected chi connectivity index (χ2v) is 7.84. The van der Waals surface area contributed by atoms with Crippen LogP contribution in [-0.2, 0) is 0 Å². The molecule has 1 aromatic carbocycles. The Kier molecular flexibility index (Phi) is 4.81. The van der Waals surface area contributed by atoms with E-state index >= 15 is 0 Å². The van der Waals surface area contributed by atoms with Gasteiger partial charge in [-0.1, -0.05) is 41.4 Å². The number of hydrogen-bond donors (Lipinski definition) is 1. The number of halogens is 2. The highest BCUT2D eigenvalue weighted by Crippen LogP contribution is 2.55. The zero-order chi connectivity index (χ0) is 18.2. The number of allylic oxidation sites excluding steroid dienone is 1. The number of benzene rings is 1. The summed E-state index contributed by atoms with van der Waals surface area (Å²) in [4.78, 5) is 0. The second kappa shape index (κ2) is 6.74. The summed E-state index contributed by atoms with van der Waals surface area (Å²) in [5, 5.41) is 38.5. The van der Waals surface area contributed by atoms with Gasteiger partial charge < -0.3 is 5.41 Å². The van der Waals surface area contributed by atoms with Crippen molar-refractivity contribution in [3.63, 3.8) is 0 Å². The Labute approximate surface area is 160 Å². The number of rotatable bonds is 1. The van der Waals surface area contributed by atoms with Gasteiger partial charge in [0.05, 0.1) is 34.0 Å². The van der Waals surface area contributed by atoms with E-state index in [0.717, 1.165) is 11.3 Å². The molecule has 25 heavy (non-hydrogen) atoms. The van der Waals surface area contributed by atoms with Crippen molar-refractivity contribution in [3.8, 4) is 18.2 Å². The van der Waals surface area contributed by atoms with Crippen molar-refractivity contribution in [2.75, 3.05) is 11.5 Å². The van der Waals surface area contributed by atoms with E-state index in [4.69, 9.17) is 28.6 Å². The van der Waals surface area contributed by atoms with Crippen molar-refractivity contribution < 1.29 is 0 Å². The SMILES string of the molecule is N#C[C@@H]1C(=N)C(C#N)(C#N)[C@@H](c2cccc(Cl)c2Cl)[C@H]2CSCC=C12. The number of nitriles is 3. The summed E-state index contributed by atoms with van der Waals surface area (Å²) in [5.41, 5.74) is -0.519. The van der Waals surface area contributed by atoms with E-state index in [1.165, 1.54) is 0 Å². The topological polar surface area (TPSA) is 95.2 Å². The molecule has 0 aromatic heterocycles. The Balaban J connectivity index is 2.32. The Morgan fingerprint density at radius 1 is 1.20 bits per heavy atom. The van der Waals surface area contributed by atoms with Gasteiger partial charge in [0.2, 0.25) is 0 Å². The lowest BCUT2D eigenvalue weighted by Crippen LogP contribution is -2.49. The van der Waals surface area contributed by atoms with Gasteiger partial charge in [-0.05, 0) is 17.2 Å². The molecule has 1 fully saturated rings. The van der Waals surface area contributed by atoms with Crippen LogP contribution in [0.5, 0.6) is 0 Å². The molecule has 0 bridgehead atoms. The number of nitrogens with zero attached hydrogens (tertiary/aromatic N) is 3. The van der Waals surface area contributed by atoms with Gasteiger partial charge in [-0.15, -0.1) is 0 Å². The zero-order valence-electron chi connectivity index (χ0n) is 13.0. The molecule has 0 spiro atoms. The lowest BCUT2D eigenvalue weighted by molar-refractivity contribution is 0.378. The fraction of sp³-hybridized carbons (Fsp3) is 0.333. The average molecular weight is 387 g/mol. The molecule has 0 unspecified atom stereocenters. The maximum absolute atomic E-state index is 9.88. The third-order valence-electron chi connectivity index (χ3n) is 4.88. The summed E-state index contributed by atoms with van der Waals surface area (Å²) in [6.45, 7) is 0. The van der Waals surface area contributed by atoms with Gasteiger partial charge in [-0.25, -0.2) is 0 Å². The van der Waals surface area contributed by atoms with E-state index in [1.807, 2.05) is 18.2 Å². The normalized spacial score (nSPS) is 27.2. The van der Waals surface area contributed by atoms with Crippen LogP contribution in [0.4, 0.5) is 0 Å². The summed E-state index contributed by atoms with van der Waals surface area (Å²) in [7, 11) is 0. The summed E-state index contributed by atoms with van der Waals surface area (Å²) in [6.07, 6.45) is 1.95. The standard InChI is InChI=1S/C18H12Cl2N4S/c19-14-3-1-2-11(16(14)20)15-13-7-25-5-4-10(13)12(6-21)17(24)18(15,8-22)9-23/h1-4,12-13,15,24H,5,7H2/t12-,13-,15-/m0/s1. The molecule has 1 aromatic rings. The summed E-state index contributed by atoms with van der Waals surface area (Å²) in [5.74, 6) is -0.285. The lowest BCUT2D eigenvalue weighted by atomic mass is 9.55. The first kappa shape index (κ1) is 17.8. The minimum absolute atomic E-state index is 0.171. The van der Waals surface area contributed by atoms with Gasteiger partial charge in [0.1, 0.15) is 5.92 Å². The van der Waals surface area contributed by atoms with Crippen LogP contribution in [-0.4, -0.2) is 17.2 Å². The van der Waals surface area contributed by atoms with Crippen LogP contribution >= 0.6 is 35.0 Å². The van der Waals surface area contributed by atoms with E-state index in [0.29, 0.717) is 21.4 Å². The molecule has 0 saturated heterocycles. The Morgan fingerprint density at radius 3 is 2.56 bits per heavy atom. The van der Waals surface area contributed by atoms with Gasteiger partial charge in [0.15, 0.2) is 5.41 Å². The minimum atomic E-state index is -1.74. The Bertz CT molecular complexity index is 889. The van der Waals surface area contributed by atoms with Crippen molar-refractivity contribution in [1.82, 2.24) is 0 Å². The number of thioether (sulfide) groups is 1. The second-order valence-electron chi connectivity index (χ2n) is 5.98. The monoisotopic (exact) mass is 386 g/mol. The van der Waals surface area contributed by atoms with Crippen LogP contribution in [0.15, 0.2) is 29.8 Å². The highest BCUT2D eigenvalue weighted by atomic mass is 35.5. The summed E-state index contributed by atoms with van der Waals surface area (Å²) < 4.78 is 0. The van der Waals surface area contributed by atoms with E-state index in [9.17, 15) is 15.8 Å². The molecule has 3 atom stereocenters. The molecule has 0 radical (unpaired) electrons. The van der Waals surface area contributed by atoms with E-state index < -0.39 is 17.3 Å². The molecule has 1 aliphatic carbocycles. The van der Waals surface area contributed by atoms with Crippen LogP contribution in [0.1, 0.15) is 11.5 Å². The van der Waals surface area contributed by atoms with Crippen molar-refractivity contribution in [3.05, 3.63) is 45.5 Å². The van der Waals surface area contributed by atoms with E-state index in [1.54, 1.807) is 30.0 Å². The van der Waals surface area contributed by atoms with Crippen molar-refractivity contribution in [2.45, 2.75) is 5.92 Å².